The van der Waals surface area contributed by atoms with E-state index in [4.69, 9.17) is 5.73 Å². The van der Waals surface area contributed by atoms with E-state index in [1.165, 1.54) is 0 Å². The minimum absolute atomic E-state index is 0. The highest BCUT2D eigenvalue weighted by Gasteiger charge is 2.35. The van der Waals surface area contributed by atoms with Crippen molar-refractivity contribution >= 4 is 42.3 Å². The molecule has 0 bridgehead atoms. The van der Waals surface area contributed by atoms with E-state index < -0.39 is 5.54 Å². The second-order valence-electron chi connectivity index (χ2n) is 7.95. The van der Waals surface area contributed by atoms with Gasteiger partial charge in [-0.1, -0.05) is 48.5 Å². The number of carbonyl (C=O) groups excluding carboxylic acids is 2. The van der Waals surface area contributed by atoms with Crippen LogP contribution in [0.5, 0.6) is 0 Å². The van der Waals surface area contributed by atoms with Crippen molar-refractivity contribution in [3.63, 3.8) is 0 Å². The van der Waals surface area contributed by atoms with Crippen molar-refractivity contribution in [1.29, 1.82) is 0 Å². The van der Waals surface area contributed by atoms with Crippen molar-refractivity contribution in [3.05, 3.63) is 65.2 Å². The van der Waals surface area contributed by atoms with Crippen LogP contribution in [0.25, 0.3) is 0 Å². The normalized spacial score (nSPS) is 15.8. The summed E-state index contributed by atoms with van der Waals surface area (Å²) in [6.07, 6.45) is 0. The molecule has 2 amide bonds. The maximum Gasteiger partial charge on any atom is 0.247 e. The number of nitrogens with two attached hydrogens (primary N) is 1. The molecule has 0 aliphatic carbocycles. The molecule has 3 N–H and O–H groups in total. The minimum Gasteiger partial charge on any atom is -0.338 e. The van der Waals surface area contributed by atoms with Crippen molar-refractivity contribution in [3.8, 4) is 0 Å². The molecule has 0 spiro atoms. The van der Waals surface area contributed by atoms with E-state index in [0.29, 0.717) is 32.7 Å². The third-order valence-corrected chi connectivity index (χ3v) is 5.59. The molecule has 1 fully saturated rings. The zero-order valence-corrected chi connectivity index (χ0v) is 19.9. The van der Waals surface area contributed by atoms with Crippen molar-refractivity contribution in [2.75, 3.05) is 38.0 Å². The number of anilines is 1. The van der Waals surface area contributed by atoms with E-state index in [2.05, 4.69) is 10.2 Å². The standard InChI is InChI=1S/C23H30N4O2.2ClH/c1-17-8-7-9-18(2)21(17)25-20(28)16-26-12-14-27(15-13-26)22(29)23(3,24)19-10-5-4-6-11-19;;/h4-11H,12-16,24H2,1-3H3,(H,25,28);2*1H. The molecule has 170 valence electrons. The van der Waals surface area contributed by atoms with Gasteiger partial charge >= 0.3 is 0 Å². The molecule has 0 radical (unpaired) electrons. The Morgan fingerprint density at radius 1 is 0.935 bits per heavy atom. The van der Waals surface area contributed by atoms with E-state index in [-0.39, 0.29) is 36.6 Å². The number of benzene rings is 2. The third-order valence-electron chi connectivity index (χ3n) is 5.59. The Morgan fingerprint density at radius 3 is 2.03 bits per heavy atom. The topological polar surface area (TPSA) is 78.7 Å². The first kappa shape index (κ1) is 26.9. The SMILES string of the molecule is Cc1cccc(C)c1NC(=O)CN1CCN(C(=O)C(C)(N)c2ccccc2)CC1.Cl.Cl. The number of amides is 2. The second kappa shape index (κ2) is 11.5. The fourth-order valence-electron chi connectivity index (χ4n) is 3.74. The van der Waals surface area contributed by atoms with Gasteiger partial charge in [0.15, 0.2) is 0 Å². The van der Waals surface area contributed by atoms with Crippen LogP contribution in [0.3, 0.4) is 0 Å². The Balaban J connectivity index is 0.00000240. The first-order valence-corrected chi connectivity index (χ1v) is 10.0. The molecule has 1 heterocycles. The summed E-state index contributed by atoms with van der Waals surface area (Å²) in [6, 6.07) is 15.4. The Bertz CT molecular complexity index is 862. The number of nitrogens with one attached hydrogen (secondary N) is 1. The molecule has 8 heteroatoms. The summed E-state index contributed by atoms with van der Waals surface area (Å²) in [6.45, 7) is 8.48. The number of aryl methyl sites for hydroxylation is 2. The number of hydrogen-bond acceptors (Lipinski definition) is 4. The first-order chi connectivity index (χ1) is 13.8. The summed E-state index contributed by atoms with van der Waals surface area (Å²) < 4.78 is 0. The minimum atomic E-state index is -1.05. The van der Waals surface area contributed by atoms with Crippen LogP contribution in [0.2, 0.25) is 0 Å². The average molecular weight is 467 g/mol. The molecule has 2 aromatic rings. The van der Waals surface area contributed by atoms with Crippen LogP contribution in [0.1, 0.15) is 23.6 Å². The molecule has 3 rings (SSSR count). The monoisotopic (exact) mass is 466 g/mol. The number of halogens is 2. The maximum atomic E-state index is 13.0. The largest absolute Gasteiger partial charge is 0.338 e. The molecular weight excluding hydrogens is 435 g/mol. The Hall–Kier alpha value is -2.12. The summed E-state index contributed by atoms with van der Waals surface area (Å²) in [5, 5.41) is 3.02. The fourth-order valence-corrected chi connectivity index (χ4v) is 3.74. The molecule has 2 aromatic carbocycles. The van der Waals surface area contributed by atoms with Crippen molar-refractivity contribution in [2.45, 2.75) is 26.3 Å². The number of nitrogens with zero attached hydrogens (tertiary/aromatic N) is 2. The molecule has 6 nitrogen and oxygen atoms in total. The Labute approximate surface area is 197 Å². The van der Waals surface area contributed by atoms with Crippen LogP contribution in [-0.4, -0.2) is 54.3 Å². The summed E-state index contributed by atoms with van der Waals surface area (Å²) in [5.74, 6) is -0.113. The van der Waals surface area contributed by atoms with Crippen LogP contribution in [0.4, 0.5) is 5.69 Å². The molecule has 1 aliphatic rings. The molecule has 1 saturated heterocycles. The molecular formula is C23H32Cl2N4O2. The molecule has 0 saturated carbocycles. The quantitative estimate of drug-likeness (QED) is 0.709. The molecule has 1 unspecified atom stereocenters. The fraction of sp³-hybridized carbons (Fsp3) is 0.391. The van der Waals surface area contributed by atoms with Gasteiger partial charge in [-0.25, -0.2) is 0 Å². The van der Waals surface area contributed by atoms with Gasteiger partial charge in [-0.3, -0.25) is 14.5 Å². The zero-order chi connectivity index (χ0) is 21.0. The zero-order valence-electron chi connectivity index (χ0n) is 18.3. The lowest BCUT2D eigenvalue weighted by molar-refractivity contribution is -0.138. The van der Waals surface area contributed by atoms with Crippen molar-refractivity contribution < 1.29 is 9.59 Å². The molecule has 31 heavy (non-hydrogen) atoms. The lowest BCUT2D eigenvalue weighted by atomic mass is 9.91. The van der Waals surface area contributed by atoms with Crippen LogP contribution < -0.4 is 11.1 Å². The van der Waals surface area contributed by atoms with Crippen LogP contribution in [0.15, 0.2) is 48.5 Å². The first-order valence-electron chi connectivity index (χ1n) is 10.0. The number of hydrogen-bond donors (Lipinski definition) is 2. The van der Waals surface area contributed by atoms with Gasteiger partial charge in [0.1, 0.15) is 5.54 Å². The van der Waals surface area contributed by atoms with Gasteiger partial charge < -0.3 is 16.0 Å². The van der Waals surface area contributed by atoms with Crippen LogP contribution in [0, 0.1) is 13.8 Å². The van der Waals surface area contributed by atoms with E-state index in [1.807, 2.05) is 62.4 Å². The predicted octanol–water partition coefficient (Wildman–Crippen LogP) is 3.10. The highest BCUT2D eigenvalue weighted by molar-refractivity contribution is 5.93. The van der Waals surface area contributed by atoms with Gasteiger partial charge in [-0.2, -0.15) is 0 Å². The van der Waals surface area contributed by atoms with E-state index >= 15 is 0 Å². The van der Waals surface area contributed by atoms with Gasteiger partial charge in [0.25, 0.3) is 0 Å². The van der Waals surface area contributed by atoms with Gasteiger partial charge in [-0.15, -0.1) is 24.8 Å². The highest BCUT2D eigenvalue weighted by Crippen LogP contribution is 2.22. The summed E-state index contributed by atoms with van der Waals surface area (Å²) >= 11 is 0. The van der Waals surface area contributed by atoms with Crippen molar-refractivity contribution in [2.24, 2.45) is 5.73 Å². The van der Waals surface area contributed by atoms with Crippen LogP contribution >= 0.6 is 24.8 Å². The lowest BCUT2D eigenvalue weighted by Crippen LogP contribution is -2.57. The summed E-state index contributed by atoms with van der Waals surface area (Å²) in [7, 11) is 0. The van der Waals surface area contributed by atoms with E-state index in [0.717, 1.165) is 22.4 Å². The molecule has 1 aliphatic heterocycles. The van der Waals surface area contributed by atoms with Gasteiger partial charge in [0.05, 0.1) is 6.54 Å². The van der Waals surface area contributed by atoms with E-state index in [9.17, 15) is 9.59 Å². The van der Waals surface area contributed by atoms with Gasteiger partial charge in [0, 0.05) is 31.9 Å². The summed E-state index contributed by atoms with van der Waals surface area (Å²) in [5.41, 5.74) is 9.11. The van der Waals surface area contributed by atoms with E-state index in [1.54, 1.807) is 11.8 Å². The number of para-hydroxylation sites is 1. The lowest BCUT2D eigenvalue weighted by Gasteiger charge is -2.38. The number of rotatable bonds is 5. The predicted molar refractivity (Wildman–Crippen MR) is 130 cm³/mol. The summed E-state index contributed by atoms with van der Waals surface area (Å²) in [4.78, 5) is 29.3. The number of carbonyl (C=O) groups is 2. The third kappa shape index (κ3) is 6.43. The smallest absolute Gasteiger partial charge is 0.247 e. The Kier molecular flexibility index (Phi) is 9.97. The number of piperazine rings is 1. The van der Waals surface area contributed by atoms with Crippen LogP contribution in [-0.2, 0) is 15.1 Å². The highest BCUT2D eigenvalue weighted by atomic mass is 35.5. The van der Waals surface area contributed by atoms with Crippen molar-refractivity contribution in [1.82, 2.24) is 9.80 Å². The van der Waals surface area contributed by atoms with Gasteiger partial charge in [-0.05, 0) is 37.5 Å². The van der Waals surface area contributed by atoms with Gasteiger partial charge in [0.2, 0.25) is 11.8 Å². The second-order valence-corrected chi connectivity index (χ2v) is 7.95. The molecule has 0 aromatic heterocycles. The Morgan fingerprint density at radius 2 is 1.48 bits per heavy atom. The maximum absolute atomic E-state index is 13.0. The average Bonchev–Trinajstić information content (AvgIpc) is 2.71. The molecule has 1 atom stereocenters.